The van der Waals surface area contributed by atoms with Crippen molar-refractivity contribution in [2.24, 2.45) is 0 Å². The Labute approximate surface area is 118 Å². The van der Waals surface area contributed by atoms with Gasteiger partial charge in [-0.25, -0.2) is 4.68 Å². The largest absolute Gasteiger partial charge is 0.307 e. The molecule has 0 saturated heterocycles. The zero-order valence-corrected chi connectivity index (χ0v) is 11.8. The number of hydrogen-bond donors (Lipinski definition) is 2. The van der Waals surface area contributed by atoms with Crippen molar-refractivity contribution in [1.29, 1.82) is 0 Å². The van der Waals surface area contributed by atoms with Crippen LogP contribution in [-0.2, 0) is 4.79 Å². The molecule has 0 aliphatic rings. The number of hydrogen-bond acceptors (Lipinski definition) is 2. The van der Waals surface area contributed by atoms with Gasteiger partial charge < -0.3 is 5.32 Å². The van der Waals surface area contributed by atoms with Crippen LogP contribution < -0.4 is 10.9 Å². The number of nitrogens with zero attached hydrogens (tertiary/aromatic N) is 1. The van der Waals surface area contributed by atoms with Gasteiger partial charge in [0.15, 0.2) is 0 Å². The lowest BCUT2D eigenvalue weighted by molar-refractivity contribution is -0.112. The molecule has 19 heavy (non-hydrogen) atoms. The molecule has 6 heteroatoms. The second-order valence-electron chi connectivity index (χ2n) is 4.03. The summed E-state index contributed by atoms with van der Waals surface area (Å²) in [5.74, 6) is -0.00530. The molecule has 0 fully saturated rings. The Morgan fingerprint density at radius 1 is 1.42 bits per heavy atom. The standard InChI is InChI=1S/C13H12BrN3O2/c1-8(2)13(19)15-11-7-12(18)17(16-11)10-6-4-3-5-9(10)14/h3-7,16H,1H2,2H3,(H,15,19). The number of benzene rings is 1. The minimum atomic E-state index is -0.333. The van der Waals surface area contributed by atoms with Crippen molar-refractivity contribution in [2.75, 3.05) is 5.32 Å². The molecule has 5 nitrogen and oxygen atoms in total. The topological polar surface area (TPSA) is 66.9 Å². The third-order valence-corrected chi connectivity index (χ3v) is 3.12. The summed E-state index contributed by atoms with van der Waals surface area (Å²) >= 11 is 3.37. The highest BCUT2D eigenvalue weighted by atomic mass is 79.9. The monoisotopic (exact) mass is 321 g/mol. The summed E-state index contributed by atoms with van der Waals surface area (Å²) in [6.45, 7) is 5.13. The predicted molar refractivity (Wildman–Crippen MR) is 77.5 cm³/mol. The first-order chi connectivity index (χ1) is 8.99. The van der Waals surface area contributed by atoms with E-state index in [4.69, 9.17) is 0 Å². The molecule has 1 aromatic heterocycles. The lowest BCUT2D eigenvalue weighted by atomic mass is 10.3. The maximum absolute atomic E-state index is 11.9. The van der Waals surface area contributed by atoms with Gasteiger partial charge in [0.05, 0.1) is 5.69 Å². The number of aromatic nitrogens is 2. The van der Waals surface area contributed by atoms with E-state index in [2.05, 4.69) is 32.9 Å². The SMILES string of the molecule is C=C(C)C(=O)Nc1cc(=O)n(-c2ccccc2Br)[nH]1. The number of H-pyrrole nitrogens is 1. The van der Waals surface area contributed by atoms with E-state index in [0.717, 1.165) is 4.47 Å². The molecule has 2 aromatic rings. The summed E-state index contributed by atoms with van der Waals surface area (Å²) in [6, 6.07) is 8.60. The summed E-state index contributed by atoms with van der Waals surface area (Å²) in [5, 5.41) is 5.39. The van der Waals surface area contributed by atoms with Gasteiger partial charge in [-0.05, 0) is 35.0 Å². The number of rotatable bonds is 3. The van der Waals surface area contributed by atoms with Crippen molar-refractivity contribution < 1.29 is 4.79 Å². The number of amides is 1. The first-order valence-corrected chi connectivity index (χ1v) is 6.32. The molecule has 0 aliphatic carbocycles. The molecule has 1 amide bonds. The van der Waals surface area contributed by atoms with Crippen molar-refractivity contribution in [3.05, 3.63) is 57.3 Å². The lowest BCUT2D eigenvalue weighted by Crippen LogP contribution is -2.14. The first kappa shape index (κ1) is 13.4. The Morgan fingerprint density at radius 2 is 2.11 bits per heavy atom. The maximum atomic E-state index is 11.9. The van der Waals surface area contributed by atoms with Crippen LogP contribution >= 0.6 is 15.9 Å². The van der Waals surface area contributed by atoms with Gasteiger partial charge in [-0.1, -0.05) is 18.7 Å². The van der Waals surface area contributed by atoms with Crippen molar-refractivity contribution in [3.63, 3.8) is 0 Å². The highest BCUT2D eigenvalue weighted by Crippen LogP contribution is 2.18. The molecule has 98 valence electrons. The normalized spacial score (nSPS) is 10.2. The minimum absolute atomic E-state index is 0.260. The van der Waals surface area contributed by atoms with Gasteiger partial charge in [-0.2, -0.15) is 0 Å². The van der Waals surface area contributed by atoms with Gasteiger partial charge in [-0.3, -0.25) is 14.7 Å². The van der Waals surface area contributed by atoms with E-state index in [9.17, 15) is 9.59 Å². The van der Waals surface area contributed by atoms with Crippen LogP contribution in [0.25, 0.3) is 5.69 Å². The van der Waals surface area contributed by atoms with Crippen LogP contribution in [0.5, 0.6) is 0 Å². The highest BCUT2D eigenvalue weighted by Gasteiger charge is 2.10. The van der Waals surface area contributed by atoms with E-state index in [1.165, 1.54) is 10.7 Å². The molecule has 2 N–H and O–H groups in total. The number of halogens is 1. The van der Waals surface area contributed by atoms with Crippen molar-refractivity contribution in [3.8, 4) is 5.69 Å². The number of anilines is 1. The van der Waals surface area contributed by atoms with Crippen LogP contribution in [-0.4, -0.2) is 15.7 Å². The number of carbonyl (C=O) groups is 1. The van der Waals surface area contributed by atoms with E-state index < -0.39 is 0 Å². The quantitative estimate of drug-likeness (QED) is 0.853. The smallest absolute Gasteiger partial charge is 0.273 e. The Bertz CT molecular complexity index is 700. The van der Waals surface area contributed by atoms with E-state index in [1.54, 1.807) is 13.0 Å². The summed E-state index contributed by atoms with van der Waals surface area (Å²) in [5.41, 5.74) is 0.779. The predicted octanol–water partition coefficient (Wildman–Crippen LogP) is 2.44. The van der Waals surface area contributed by atoms with Crippen molar-refractivity contribution in [1.82, 2.24) is 9.78 Å². The summed E-state index contributed by atoms with van der Waals surface area (Å²) in [4.78, 5) is 23.4. The fourth-order valence-electron chi connectivity index (χ4n) is 1.50. The Balaban J connectivity index is 2.38. The fraction of sp³-hybridized carbons (Fsp3) is 0.0769. The molecule has 0 bridgehead atoms. The molecule has 0 atom stereocenters. The Kier molecular flexibility index (Phi) is 3.71. The molecule has 0 radical (unpaired) electrons. The number of aromatic amines is 1. The number of carbonyl (C=O) groups excluding carboxylic acids is 1. The fourth-order valence-corrected chi connectivity index (χ4v) is 1.96. The molecule has 1 heterocycles. The van der Waals surface area contributed by atoms with Crippen molar-refractivity contribution in [2.45, 2.75) is 6.92 Å². The van der Waals surface area contributed by atoms with Crippen LogP contribution in [0.2, 0.25) is 0 Å². The van der Waals surface area contributed by atoms with Gasteiger partial charge in [-0.15, -0.1) is 0 Å². The van der Waals surface area contributed by atoms with Gasteiger partial charge in [0.1, 0.15) is 5.82 Å². The third kappa shape index (κ3) is 2.85. The Morgan fingerprint density at radius 3 is 2.74 bits per heavy atom. The molecule has 1 aromatic carbocycles. The highest BCUT2D eigenvalue weighted by molar-refractivity contribution is 9.10. The average Bonchev–Trinajstić information content (AvgIpc) is 2.70. The molecule has 0 spiro atoms. The van der Waals surface area contributed by atoms with Gasteiger partial charge in [0.25, 0.3) is 11.5 Å². The third-order valence-electron chi connectivity index (χ3n) is 2.45. The second kappa shape index (κ2) is 5.27. The molecular weight excluding hydrogens is 310 g/mol. The number of nitrogens with one attached hydrogen (secondary N) is 2. The lowest BCUT2D eigenvalue weighted by Gasteiger charge is -2.05. The average molecular weight is 322 g/mol. The van der Waals surface area contributed by atoms with Crippen LogP contribution in [0.3, 0.4) is 0 Å². The van der Waals surface area contributed by atoms with Crippen molar-refractivity contribution >= 4 is 27.7 Å². The first-order valence-electron chi connectivity index (χ1n) is 5.53. The van der Waals surface area contributed by atoms with Crippen LogP contribution in [0.1, 0.15) is 6.92 Å². The summed E-state index contributed by atoms with van der Waals surface area (Å²) < 4.78 is 2.12. The van der Waals surface area contributed by atoms with Gasteiger partial charge >= 0.3 is 0 Å². The molecule has 0 aliphatic heterocycles. The van der Waals surface area contributed by atoms with Crippen LogP contribution in [0.15, 0.2) is 51.8 Å². The van der Waals surface area contributed by atoms with Crippen LogP contribution in [0.4, 0.5) is 5.82 Å². The molecular formula is C13H12BrN3O2. The zero-order chi connectivity index (χ0) is 14.0. The molecule has 2 rings (SSSR count). The minimum Gasteiger partial charge on any atom is -0.307 e. The van der Waals surface area contributed by atoms with E-state index in [1.807, 2.05) is 18.2 Å². The van der Waals surface area contributed by atoms with Crippen LogP contribution in [0, 0.1) is 0 Å². The van der Waals surface area contributed by atoms with E-state index in [-0.39, 0.29) is 11.5 Å². The summed E-state index contributed by atoms with van der Waals surface area (Å²) in [7, 11) is 0. The Hall–Kier alpha value is -2.08. The van der Waals surface area contributed by atoms with E-state index >= 15 is 0 Å². The molecule has 0 saturated carbocycles. The zero-order valence-electron chi connectivity index (χ0n) is 10.2. The number of para-hydroxylation sites is 1. The van der Waals surface area contributed by atoms with Gasteiger partial charge in [0.2, 0.25) is 0 Å². The van der Waals surface area contributed by atoms with Gasteiger partial charge in [0, 0.05) is 16.1 Å². The van der Waals surface area contributed by atoms with E-state index in [0.29, 0.717) is 17.1 Å². The second-order valence-corrected chi connectivity index (χ2v) is 4.88. The molecule has 0 unspecified atom stereocenters. The summed E-state index contributed by atoms with van der Waals surface area (Å²) in [6.07, 6.45) is 0. The maximum Gasteiger partial charge on any atom is 0.273 e.